The summed E-state index contributed by atoms with van der Waals surface area (Å²) in [5.41, 5.74) is 2.94. The largest absolute Gasteiger partial charge is 0.311 e. The summed E-state index contributed by atoms with van der Waals surface area (Å²) in [6.45, 7) is 1.93. The zero-order chi connectivity index (χ0) is 18.5. The molecule has 1 N–H and O–H groups in total. The van der Waals surface area contributed by atoms with E-state index in [0.29, 0.717) is 18.7 Å². The molecular formula is C18H21N3O3S2. The third kappa shape index (κ3) is 3.05. The fourth-order valence-electron chi connectivity index (χ4n) is 3.93. The fraction of sp³-hybridized carbons (Fsp3) is 0.444. The highest BCUT2D eigenvalue weighted by Crippen LogP contribution is 2.41. The first-order valence-electron chi connectivity index (χ1n) is 8.61. The molecule has 6 nitrogen and oxygen atoms in total. The van der Waals surface area contributed by atoms with Crippen LogP contribution in [0.2, 0.25) is 0 Å². The summed E-state index contributed by atoms with van der Waals surface area (Å²) in [5, 5.41) is 7.56. The van der Waals surface area contributed by atoms with E-state index < -0.39 is 9.84 Å². The van der Waals surface area contributed by atoms with E-state index in [4.69, 9.17) is 0 Å². The van der Waals surface area contributed by atoms with Crippen LogP contribution in [0.1, 0.15) is 41.6 Å². The first-order valence-corrected chi connectivity index (χ1v) is 11.7. The molecule has 0 saturated carbocycles. The Bertz CT molecular complexity index is 964. The average Bonchev–Trinajstić information content (AvgIpc) is 3.13. The van der Waals surface area contributed by atoms with Gasteiger partial charge in [0.2, 0.25) is 5.91 Å². The fourth-order valence-corrected chi connectivity index (χ4v) is 6.03. The van der Waals surface area contributed by atoms with Gasteiger partial charge in [0, 0.05) is 22.8 Å². The molecule has 2 aliphatic rings. The summed E-state index contributed by atoms with van der Waals surface area (Å²) in [4.78, 5) is 13.5. The number of hydrogen-bond acceptors (Lipinski definition) is 5. The highest BCUT2D eigenvalue weighted by Gasteiger charge is 2.37. The number of rotatable bonds is 3. The second-order valence-electron chi connectivity index (χ2n) is 6.93. The lowest BCUT2D eigenvalue weighted by molar-refractivity contribution is -0.116. The predicted octanol–water partition coefficient (Wildman–Crippen LogP) is 2.75. The monoisotopic (exact) mass is 391 g/mol. The number of aryl methyl sites for hydroxylation is 1. The summed E-state index contributed by atoms with van der Waals surface area (Å²) in [5.74, 6) is 0.821. The molecule has 2 atom stereocenters. The van der Waals surface area contributed by atoms with E-state index in [1.54, 1.807) is 16.4 Å². The SMILES string of the molecule is CSc1ccc([C@H]2CC(=O)Nc3c2c(C)nn3[C@@H]2CCS(=O)(=O)C2)cc1. The molecule has 2 aromatic rings. The van der Waals surface area contributed by atoms with E-state index >= 15 is 0 Å². The van der Waals surface area contributed by atoms with E-state index in [-0.39, 0.29) is 29.4 Å². The first-order chi connectivity index (χ1) is 12.4. The van der Waals surface area contributed by atoms with Crippen molar-refractivity contribution in [1.82, 2.24) is 9.78 Å². The number of sulfone groups is 1. The number of aromatic nitrogens is 2. The lowest BCUT2D eigenvalue weighted by atomic mass is 9.86. The molecule has 1 aromatic heterocycles. The second kappa shape index (κ2) is 6.42. The summed E-state index contributed by atoms with van der Waals surface area (Å²) < 4.78 is 25.5. The van der Waals surface area contributed by atoms with Gasteiger partial charge in [-0.15, -0.1) is 11.8 Å². The Balaban J connectivity index is 1.77. The summed E-state index contributed by atoms with van der Waals surface area (Å²) in [7, 11) is -3.02. The van der Waals surface area contributed by atoms with Gasteiger partial charge in [-0.05, 0) is 37.3 Å². The minimum Gasteiger partial charge on any atom is -0.311 e. The Morgan fingerprint density at radius 3 is 2.62 bits per heavy atom. The smallest absolute Gasteiger partial charge is 0.226 e. The minimum atomic E-state index is -3.02. The Hall–Kier alpha value is -1.80. The van der Waals surface area contributed by atoms with Crippen molar-refractivity contribution in [1.29, 1.82) is 0 Å². The summed E-state index contributed by atoms with van der Waals surface area (Å²) >= 11 is 1.68. The molecule has 1 amide bonds. The average molecular weight is 392 g/mol. The van der Waals surface area contributed by atoms with E-state index in [1.807, 2.05) is 13.2 Å². The molecule has 0 spiro atoms. The van der Waals surface area contributed by atoms with Crippen molar-refractivity contribution in [2.24, 2.45) is 0 Å². The van der Waals surface area contributed by atoms with Crippen molar-refractivity contribution < 1.29 is 13.2 Å². The highest BCUT2D eigenvalue weighted by molar-refractivity contribution is 7.98. The van der Waals surface area contributed by atoms with Crippen LogP contribution in [0.4, 0.5) is 5.82 Å². The lowest BCUT2D eigenvalue weighted by Gasteiger charge is -2.25. The van der Waals surface area contributed by atoms with Gasteiger partial charge < -0.3 is 5.32 Å². The number of fused-ring (bicyclic) bond motifs is 1. The van der Waals surface area contributed by atoms with E-state index in [2.05, 4.69) is 34.7 Å². The van der Waals surface area contributed by atoms with Gasteiger partial charge in [-0.2, -0.15) is 5.10 Å². The number of thioether (sulfide) groups is 1. The van der Waals surface area contributed by atoms with Crippen LogP contribution in [0.5, 0.6) is 0 Å². The van der Waals surface area contributed by atoms with Crippen LogP contribution in [-0.4, -0.2) is 41.9 Å². The summed E-state index contributed by atoms with van der Waals surface area (Å²) in [6, 6.07) is 8.05. The van der Waals surface area contributed by atoms with Crippen LogP contribution in [0.25, 0.3) is 0 Å². The molecule has 138 valence electrons. The number of benzene rings is 1. The molecule has 1 fully saturated rings. The maximum absolute atomic E-state index is 12.4. The van der Waals surface area contributed by atoms with Gasteiger partial charge in [0.1, 0.15) is 5.82 Å². The van der Waals surface area contributed by atoms with Gasteiger partial charge in [0.05, 0.1) is 23.2 Å². The zero-order valence-corrected chi connectivity index (χ0v) is 16.4. The van der Waals surface area contributed by atoms with Gasteiger partial charge in [-0.3, -0.25) is 4.79 Å². The van der Waals surface area contributed by atoms with Crippen molar-refractivity contribution in [2.45, 2.75) is 36.6 Å². The standard InChI is InChI=1S/C18H21N3O3S2/c1-11-17-15(12-3-5-14(25-2)6-4-12)9-16(22)19-18(17)21(20-11)13-7-8-26(23,24)10-13/h3-6,13,15H,7-10H2,1-2H3,(H,19,22)/t13-,15-/m1/s1. The van der Waals surface area contributed by atoms with E-state index in [9.17, 15) is 13.2 Å². The Morgan fingerprint density at radius 2 is 2.00 bits per heavy atom. The van der Waals surface area contributed by atoms with Gasteiger partial charge in [0.15, 0.2) is 9.84 Å². The molecular weight excluding hydrogens is 370 g/mol. The number of carbonyl (C=O) groups is 1. The topological polar surface area (TPSA) is 81.1 Å². The second-order valence-corrected chi connectivity index (χ2v) is 10.0. The Kier molecular flexibility index (Phi) is 4.35. The van der Waals surface area contributed by atoms with Crippen LogP contribution in [-0.2, 0) is 14.6 Å². The number of nitrogens with one attached hydrogen (secondary N) is 1. The first kappa shape index (κ1) is 17.6. The van der Waals surface area contributed by atoms with Crippen LogP contribution in [0.15, 0.2) is 29.2 Å². The molecule has 1 saturated heterocycles. The van der Waals surface area contributed by atoms with Crippen LogP contribution in [0, 0.1) is 6.92 Å². The molecule has 2 aliphatic heterocycles. The normalized spacial score (nSPS) is 24.3. The molecule has 1 aromatic carbocycles. The van der Waals surface area contributed by atoms with Gasteiger partial charge in [0.25, 0.3) is 0 Å². The van der Waals surface area contributed by atoms with Crippen LogP contribution >= 0.6 is 11.8 Å². The number of nitrogens with zero attached hydrogens (tertiary/aromatic N) is 2. The quantitative estimate of drug-likeness (QED) is 0.814. The van der Waals surface area contributed by atoms with Crippen molar-refractivity contribution in [3.63, 3.8) is 0 Å². The molecule has 0 bridgehead atoms. The van der Waals surface area contributed by atoms with Crippen molar-refractivity contribution in [2.75, 3.05) is 23.1 Å². The van der Waals surface area contributed by atoms with Gasteiger partial charge in [-0.1, -0.05) is 12.1 Å². The molecule has 26 heavy (non-hydrogen) atoms. The van der Waals surface area contributed by atoms with Crippen molar-refractivity contribution >= 4 is 33.3 Å². The maximum atomic E-state index is 12.4. The minimum absolute atomic E-state index is 0.0542. The molecule has 8 heteroatoms. The maximum Gasteiger partial charge on any atom is 0.226 e. The number of hydrogen-bond donors (Lipinski definition) is 1. The number of amides is 1. The van der Waals surface area contributed by atoms with E-state index in [0.717, 1.165) is 16.8 Å². The molecule has 4 rings (SSSR count). The molecule has 3 heterocycles. The third-order valence-corrected chi connectivity index (χ3v) is 7.69. The van der Waals surface area contributed by atoms with Crippen molar-refractivity contribution in [3.05, 3.63) is 41.1 Å². The third-order valence-electron chi connectivity index (χ3n) is 5.20. The predicted molar refractivity (Wildman–Crippen MR) is 103 cm³/mol. The van der Waals surface area contributed by atoms with Crippen molar-refractivity contribution in [3.8, 4) is 0 Å². The lowest BCUT2D eigenvalue weighted by Crippen LogP contribution is -2.26. The van der Waals surface area contributed by atoms with Crippen LogP contribution in [0.3, 0.4) is 0 Å². The number of carbonyl (C=O) groups excluding carboxylic acids is 1. The molecule has 0 radical (unpaired) electrons. The number of anilines is 1. The van der Waals surface area contributed by atoms with Crippen LogP contribution < -0.4 is 5.32 Å². The Morgan fingerprint density at radius 1 is 1.27 bits per heavy atom. The zero-order valence-electron chi connectivity index (χ0n) is 14.7. The highest BCUT2D eigenvalue weighted by atomic mass is 32.2. The molecule has 0 unspecified atom stereocenters. The molecule has 0 aliphatic carbocycles. The summed E-state index contributed by atoms with van der Waals surface area (Å²) in [6.07, 6.45) is 2.95. The van der Waals surface area contributed by atoms with Gasteiger partial charge in [-0.25, -0.2) is 13.1 Å². The van der Waals surface area contributed by atoms with E-state index in [1.165, 1.54) is 4.90 Å². The Labute approximate surface area is 157 Å². The van der Waals surface area contributed by atoms with Gasteiger partial charge >= 0.3 is 0 Å².